The van der Waals surface area contributed by atoms with E-state index in [-0.39, 0.29) is 5.56 Å². The van der Waals surface area contributed by atoms with E-state index in [9.17, 15) is 10.1 Å². The summed E-state index contributed by atoms with van der Waals surface area (Å²) in [4.78, 5) is 18.8. The van der Waals surface area contributed by atoms with E-state index in [1.807, 2.05) is 25.1 Å². The number of carbonyl (C=O) groups is 1. The van der Waals surface area contributed by atoms with Gasteiger partial charge in [0, 0.05) is 11.6 Å². The molecule has 2 aromatic heterocycles. The normalized spacial score (nSPS) is 11.5. The lowest BCUT2D eigenvalue weighted by molar-refractivity contribution is 0.0697. The first-order valence-corrected chi connectivity index (χ1v) is 8.55. The summed E-state index contributed by atoms with van der Waals surface area (Å²) in [5.74, 6) is 0.463. The molecule has 4 rings (SSSR count). The number of carboxylic acids is 1. The number of hydrogen-bond acceptors (Lipinski definition) is 4. The van der Waals surface area contributed by atoms with Crippen LogP contribution in [-0.4, -0.2) is 21.0 Å². The third-order valence-corrected chi connectivity index (χ3v) is 4.32. The van der Waals surface area contributed by atoms with Crippen LogP contribution < -0.4 is 0 Å². The monoisotopic (exact) mass is 369 g/mol. The lowest BCUT2D eigenvalue weighted by Crippen LogP contribution is -1.95. The molecular formula is C22H15N3O3. The largest absolute Gasteiger partial charge is 0.478 e. The van der Waals surface area contributed by atoms with Crippen LogP contribution in [0.4, 0.5) is 0 Å². The van der Waals surface area contributed by atoms with E-state index in [4.69, 9.17) is 9.52 Å². The van der Waals surface area contributed by atoms with Crippen LogP contribution in [0.3, 0.4) is 0 Å². The molecule has 28 heavy (non-hydrogen) atoms. The molecule has 0 aliphatic carbocycles. The van der Waals surface area contributed by atoms with Crippen LogP contribution in [0, 0.1) is 18.3 Å². The molecule has 0 atom stereocenters. The highest BCUT2D eigenvalue weighted by molar-refractivity contribution is 5.90. The predicted octanol–water partition coefficient (Wildman–Crippen LogP) is 4.89. The summed E-state index contributed by atoms with van der Waals surface area (Å²) in [5, 5.41) is 18.7. The first kappa shape index (κ1) is 17.3. The molecule has 0 saturated heterocycles. The van der Waals surface area contributed by atoms with Gasteiger partial charge in [0.1, 0.15) is 23.4 Å². The molecule has 0 saturated carbocycles. The smallest absolute Gasteiger partial charge is 0.335 e. The fourth-order valence-electron chi connectivity index (χ4n) is 2.94. The van der Waals surface area contributed by atoms with Gasteiger partial charge in [-0.3, -0.25) is 0 Å². The third kappa shape index (κ3) is 3.29. The molecule has 0 unspecified atom stereocenters. The van der Waals surface area contributed by atoms with Crippen LogP contribution in [0.2, 0.25) is 0 Å². The van der Waals surface area contributed by atoms with E-state index in [1.165, 1.54) is 6.07 Å². The van der Waals surface area contributed by atoms with Gasteiger partial charge in [0.05, 0.1) is 22.2 Å². The van der Waals surface area contributed by atoms with Gasteiger partial charge in [0.2, 0.25) is 0 Å². The number of nitrogens with one attached hydrogen (secondary N) is 1. The summed E-state index contributed by atoms with van der Waals surface area (Å²) in [7, 11) is 0. The summed E-state index contributed by atoms with van der Waals surface area (Å²) >= 11 is 0. The maximum absolute atomic E-state index is 11.1. The number of furan rings is 1. The Hall–Kier alpha value is -4.11. The number of aromatic carboxylic acids is 1. The minimum atomic E-state index is -1.000. The van der Waals surface area contributed by atoms with Gasteiger partial charge in [-0.1, -0.05) is 18.2 Å². The van der Waals surface area contributed by atoms with Gasteiger partial charge in [0.15, 0.2) is 0 Å². The summed E-state index contributed by atoms with van der Waals surface area (Å²) in [6.07, 6.45) is 1.61. The average molecular weight is 369 g/mol. The number of nitriles is 1. The van der Waals surface area contributed by atoms with Crippen molar-refractivity contribution in [2.75, 3.05) is 0 Å². The average Bonchev–Trinajstić information content (AvgIpc) is 3.32. The number of H-pyrrole nitrogens is 1. The Kier molecular flexibility index (Phi) is 4.26. The third-order valence-electron chi connectivity index (χ3n) is 4.32. The highest BCUT2D eigenvalue weighted by atomic mass is 16.4. The van der Waals surface area contributed by atoms with Crippen LogP contribution in [0.25, 0.3) is 34.0 Å². The van der Waals surface area contributed by atoms with Crippen LogP contribution >= 0.6 is 0 Å². The van der Waals surface area contributed by atoms with Crippen LogP contribution in [0.15, 0.2) is 59.0 Å². The van der Waals surface area contributed by atoms with Crippen LogP contribution in [-0.2, 0) is 0 Å². The summed E-state index contributed by atoms with van der Waals surface area (Å²) in [5.41, 5.74) is 3.92. The van der Waals surface area contributed by atoms with Gasteiger partial charge in [-0.05, 0) is 48.9 Å². The molecule has 0 aliphatic rings. The molecule has 2 N–H and O–H groups in total. The molecule has 6 nitrogen and oxygen atoms in total. The minimum Gasteiger partial charge on any atom is -0.478 e. The summed E-state index contributed by atoms with van der Waals surface area (Å²) in [6, 6.07) is 17.9. The second-order valence-corrected chi connectivity index (χ2v) is 6.36. The number of benzene rings is 2. The zero-order valence-corrected chi connectivity index (χ0v) is 14.9. The van der Waals surface area contributed by atoms with Crippen molar-refractivity contribution < 1.29 is 14.3 Å². The van der Waals surface area contributed by atoms with Gasteiger partial charge in [-0.15, -0.1) is 0 Å². The molecule has 0 aliphatic heterocycles. The summed E-state index contributed by atoms with van der Waals surface area (Å²) < 4.78 is 5.79. The first-order chi connectivity index (χ1) is 13.5. The van der Waals surface area contributed by atoms with Gasteiger partial charge in [0.25, 0.3) is 0 Å². The molecule has 6 heteroatoms. The molecule has 2 aromatic carbocycles. The van der Waals surface area contributed by atoms with Crippen LogP contribution in [0.5, 0.6) is 0 Å². The first-order valence-electron chi connectivity index (χ1n) is 8.55. The van der Waals surface area contributed by atoms with Gasteiger partial charge < -0.3 is 14.5 Å². The van der Waals surface area contributed by atoms with Gasteiger partial charge in [-0.25, -0.2) is 9.78 Å². The Bertz CT molecular complexity index is 1270. The number of imidazole rings is 1. The molecule has 0 spiro atoms. The number of aryl methyl sites for hydroxylation is 1. The Morgan fingerprint density at radius 3 is 2.86 bits per heavy atom. The maximum Gasteiger partial charge on any atom is 0.335 e. The molecule has 0 amide bonds. The minimum absolute atomic E-state index is 0.182. The lowest BCUT2D eigenvalue weighted by Gasteiger charge is -1.99. The predicted molar refractivity (Wildman–Crippen MR) is 105 cm³/mol. The number of nitrogens with zero attached hydrogens (tertiary/aromatic N) is 2. The number of aromatic amines is 1. The lowest BCUT2D eigenvalue weighted by atomic mass is 10.1. The van der Waals surface area contributed by atoms with Crippen molar-refractivity contribution >= 4 is 28.7 Å². The van der Waals surface area contributed by atoms with Crippen molar-refractivity contribution in [1.82, 2.24) is 9.97 Å². The van der Waals surface area contributed by atoms with Crippen molar-refractivity contribution in [2.24, 2.45) is 0 Å². The number of rotatable bonds is 4. The van der Waals surface area contributed by atoms with Crippen molar-refractivity contribution in [3.8, 4) is 17.4 Å². The molecule has 0 fully saturated rings. The highest BCUT2D eigenvalue weighted by Crippen LogP contribution is 2.26. The van der Waals surface area contributed by atoms with Gasteiger partial charge >= 0.3 is 5.97 Å². The second kappa shape index (κ2) is 6.89. The van der Waals surface area contributed by atoms with E-state index in [0.717, 1.165) is 16.6 Å². The van der Waals surface area contributed by atoms with Crippen molar-refractivity contribution in [1.29, 1.82) is 5.26 Å². The van der Waals surface area contributed by atoms with E-state index < -0.39 is 5.97 Å². The number of carboxylic acid groups (broad SMARTS) is 1. The topological polar surface area (TPSA) is 103 Å². The maximum atomic E-state index is 11.1. The van der Waals surface area contributed by atoms with Crippen molar-refractivity contribution in [3.63, 3.8) is 0 Å². The number of fused-ring (bicyclic) bond motifs is 1. The Labute approximate surface area is 160 Å². The SMILES string of the molecule is Cc1ccc2nc(/C(C#N)=C/c3ccc(-c4cccc(C(=O)O)c4)o3)[nH]c2c1. The van der Waals surface area contributed by atoms with Crippen molar-refractivity contribution in [2.45, 2.75) is 6.92 Å². The fraction of sp³-hybridized carbons (Fsp3) is 0.0455. The Morgan fingerprint density at radius 2 is 2.07 bits per heavy atom. The Balaban J connectivity index is 1.68. The van der Waals surface area contributed by atoms with Crippen molar-refractivity contribution in [3.05, 3.63) is 77.3 Å². The molecule has 0 bridgehead atoms. The fourth-order valence-corrected chi connectivity index (χ4v) is 2.94. The molecular weight excluding hydrogens is 354 g/mol. The molecule has 4 aromatic rings. The molecule has 2 heterocycles. The van der Waals surface area contributed by atoms with E-state index in [0.29, 0.717) is 28.5 Å². The van der Waals surface area contributed by atoms with E-state index in [2.05, 4.69) is 16.0 Å². The Morgan fingerprint density at radius 1 is 1.21 bits per heavy atom. The summed E-state index contributed by atoms with van der Waals surface area (Å²) in [6.45, 7) is 1.99. The van der Waals surface area contributed by atoms with E-state index >= 15 is 0 Å². The number of hydrogen-bond donors (Lipinski definition) is 2. The molecule has 0 radical (unpaired) electrons. The van der Waals surface area contributed by atoms with Crippen LogP contribution in [0.1, 0.15) is 27.5 Å². The molecule has 136 valence electrons. The zero-order valence-electron chi connectivity index (χ0n) is 14.9. The standard InChI is InChI=1S/C22H15N3O3/c1-13-5-7-18-19(9-13)25-21(24-18)16(12-23)11-17-6-8-20(28-17)14-3-2-4-15(10-14)22(26)27/h2-11H,1H3,(H,24,25)(H,26,27)/b16-11+. The quantitative estimate of drug-likeness (QED) is 0.498. The number of allylic oxidation sites excluding steroid dienone is 1. The zero-order chi connectivity index (χ0) is 19.7. The highest BCUT2D eigenvalue weighted by Gasteiger charge is 2.11. The second-order valence-electron chi connectivity index (χ2n) is 6.36. The number of aromatic nitrogens is 2. The van der Waals surface area contributed by atoms with Gasteiger partial charge in [-0.2, -0.15) is 5.26 Å². The van der Waals surface area contributed by atoms with E-state index in [1.54, 1.807) is 36.4 Å².